The molecule has 1 aromatic carbocycles. The van der Waals surface area contributed by atoms with Crippen LogP contribution in [0.25, 0.3) is 5.76 Å². The molecule has 0 spiro atoms. The number of hydrogen-bond acceptors (Lipinski definition) is 5. The Kier molecular flexibility index (Phi) is 3.98. The van der Waals surface area contributed by atoms with E-state index in [4.69, 9.17) is 9.47 Å². The molecule has 0 bridgehead atoms. The highest BCUT2D eigenvalue weighted by atomic mass is 16.5. The molecule has 0 saturated heterocycles. The van der Waals surface area contributed by atoms with Gasteiger partial charge in [-0.3, -0.25) is 0 Å². The molecule has 17 heavy (non-hydrogen) atoms. The summed E-state index contributed by atoms with van der Waals surface area (Å²) in [7, 11) is 4.10. The topological polar surface area (TPSA) is 65.0 Å². The summed E-state index contributed by atoms with van der Waals surface area (Å²) in [4.78, 5) is 11.5. The first kappa shape index (κ1) is 12.9. The van der Waals surface area contributed by atoms with Crippen molar-refractivity contribution in [3.8, 4) is 11.5 Å². The molecule has 0 saturated carbocycles. The van der Waals surface area contributed by atoms with Crippen molar-refractivity contribution < 1.29 is 24.1 Å². The van der Waals surface area contributed by atoms with Gasteiger partial charge in [-0.2, -0.15) is 0 Å². The average Bonchev–Trinajstić information content (AvgIpc) is 2.36. The van der Waals surface area contributed by atoms with Crippen LogP contribution in [-0.2, 0) is 9.47 Å². The highest BCUT2D eigenvalue weighted by molar-refractivity contribution is 5.95. The summed E-state index contributed by atoms with van der Waals surface area (Å²) in [5.74, 6) is -0.230. The lowest BCUT2D eigenvalue weighted by molar-refractivity contribution is 0.0599. The van der Waals surface area contributed by atoms with Gasteiger partial charge in [0.15, 0.2) is 11.5 Å². The molecule has 0 radical (unpaired) electrons. The predicted molar refractivity (Wildman–Crippen MR) is 62.0 cm³/mol. The smallest absolute Gasteiger partial charge is 0.338 e. The molecule has 5 heteroatoms. The molecule has 1 rings (SSSR count). The average molecular weight is 238 g/mol. The number of carbonyl (C=O) groups is 1. The van der Waals surface area contributed by atoms with Crippen LogP contribution in [0.5, 0.6) is 11.5 Å². The van der Waals surface area contributed by atoms with Crippen LogP contribution >= 0.6 is 0 Å². The number of phenolic OH excluding ortho intramolecular Hbond substituents is 1. The van der Waals surface area contributed by atoms with E-state index in [-0.39, 0.29) is 22.8 Å². The maximum atomic E-state index is 11.5. The van der Waals surface area contributed by atoms with Gasteiger partial charge in [0.2, 0.25) is 0 Å². The second-order valence-electron chi connectivity index (χ2n) is 3.19. The normalized spacial score (nSPS) is 9.59. The molecule has 0 amide bonds. The van der Waals surface area contributed by atoms with Crippen LogP contribution in [0.1, 0.15) is 15.9 Å². The Hall–Kier alpha value is -2.17. The second kappa shape index (κ2) is 5.25. The number of phenols is 1. The van der Waals surface area contributed by atoms with Crippen molar-refractivity contribution in [2.75, 3.05) is 21.3 Å². The van der Waals surface area contributed by atoms with Gasteiger partial charge >= 0.3 is 5.97 Å². The van der Waals surface area contributed by atoms with Gasteiger partial charge < -0.3 is 19.3 Å². The quantitative estimate of drug-likeness (QED) is 0.640. The van der Waals surface area contributed by atoms with Gasteiger partial charge in [-0.25, -0.2) is 4.79 Å². The second-order valence-corrected chi connectivity index (χ2v) is 3.19. The van der Waals surface area contributed by atoms with Gasteiger partial charge in [-0.1, -0.05) is 6.58 Å². The Labute approximate surface area is 99.2 Å². The summed E-state index contributed by atoms with van der Waals surface area (Å²) in [6.45, 7) is 3.66. The van der Waals surface area contributed by atoms with Crippen LogP contribution < -0.4 is 4.74 Å². The third kappa shape index (κ3) is 2.50. The highest BCUT2D eigenvalue weighted by Crippen LogP contribution is 2.32. The van der Waals surface area contributed by atoms with Gasteiger partial charge in [0.05, 0.1) is 26.9 Å². The number of methoxy groups -OCH3 is 3. The summed E-state index contributed by atoms with van der Waals surface area (Å²) in [6, 6.07) is 2.72. The molecule has 1 aromatic rings. The van der Waals surface area contributed by atoms with Crippen molar-refractivity contribution in [1.29, 1.82) is 0 Å². The number of hydrogen-bond donors (Lipinski definition) is 1. The summed E-state index contributed by atoms with van der Waals surface area (Å²) in [5, 5.41) is 9.61. The fourth-order valence-corrected chi connectivity index (χ4v) is 1.35. The van der Waals surface area contributed by atoms with Crippen LogP contribution in [0.15, 0.2) is 18.7 Å². The van der Waals surface area contributed by atoms with E-state index in [0.717, 1.165) is 0 Å². The van der Waals surface area contributed by atoms with Gasteiger partial charge in [0.25, 0.3) is 0 Å². The molecule has 0 aliphatic carbocycles. The van der Waals surface area contributed by atoms with E-state index in [9.17, 15) is 9.90 Å². The molecule has 0 atom stereocenters. The largest absolute Gasteiger partial charge is 0.504 e. The molecule has 1 N–H and O–H groups in total. The summed E-state index contributed by atoms with van der Waals surface area (Å²) in [6.07, 6.45) is 0. The molecular formula is C12H14O5. The van der Waals surface area contributed by atoms with E-state index in [2.05, 4.69) is 11.3 Å². The first-order chi connectivity index (χ1) is 8.04. The lowest BCUT2D eigenvalue weighted by Gasteiger charge is -2.12. The van der Waals surface area contributed by atoms with Crippen molar-refractivity contribution in [3.63, 3.8) is 0 Å². The van der Waals surface area contributed by atoms with E-state index in [0.29, 0.717) is 5.56 Å². The maximum absolute atomic E-state index is 11.5. The SMILES string of the molecule is C=C(OC)c1cc(OC)c(O)cc1C(=O)OC. The van der Waals surface area contributed by atoms with E-state index in [1.807, 2.05) is 0 Å². The van der Waals surface area contributed by atoms with Crippen LogP contribution in [-0.4, -0.2) is 32.4 Å². The molecular weight excluding hydrogens is 224 g/mol. The Balaban J connectivity index is 3.41. The Morgan fingerprint density at radius 1 is 1.18 bits per heavy atom. The van der Waals surface area contributed by atoms with E-state index >= 15 is 0 Å². The first-order valence-corrected chi connectivity index (χ1v) is 4.77. The monoisotopic (exact) mass is 238 g/mol. The fraction of sp³-hybridized carbons (Fsp3) is 0.250. The standard InChI is InChI=1S/C12H14O5/c1-7(15-2)8-6-11(16-3)10(13)5-9(8)12(14)17-4/h5-6,13H,1H2,2-4H3. The predicted octanol–water partition coefficient (Wildman–Crippen LogP) is 1.80. The van der Waals surface area contributed by atoms with E-state index in [1.54, 1.807) is 0 Å². The van der Waals surface area contributed by atoms with E-state index in [1.165, 1.54) is 33.5 Å². The van der Waals surface area contributed by atoms with Crippen LogP contribution in [0, 0.1) is 0 Å². The number of benzene rings is 1. The Morgan fingerprint density at radius 3 is 2.29 bits per heavy atom. The van der Waals surface area contributed by atoms with Gasteiger partial charge in [-0.15, -0.1) is 0 Å². The molecule has 0 aliphatic heterocycles. The zero-order valence-corrected chi connectivity index (χ0v) is 9.94. The minimum Gasteiger partial charge on any atom is -0.504 e. The van der Waals surface area contributed by atoms with E-state index < -0.39 is 5.97 Å². The zero-order valence-electron chi connectivity index (χ0n) is 9.94. The Morgan fingerprint density at radius 2 is 1.82 bits per heavy atom. The summed E-state index contributed by atoms with van der Waals surface area (Å²) >= 11 is 0. The van der Waals surface area contributed by atoms with Gasteiger partial charge in [0.1, 0.15) is 5.76 Å². The molecule has 5 nitrogen and oxygen atoms in total. The molecule has 0 unspecified atom stereocenters. The Bertz CT molecular complexity index is 450. The van der Waals surface area contributed by atoms with Crippen LogP contribution in [0.2, 0.25) is 0 Å². The van der Waals surface area contributed by atoms with Crippen molar-refractivity contribution >= 4 is 11.7 Å². The minimum atomic E-state index is -0.587. The van der Waals surface area contributed by atoms with Crippen molar-refractivity contribution in [2.24, 2.45) is 0 Å². The maximum Gasteiger partial charge on any atom is 0.338 e. The zero-order chi connectivity index (χ0) is 13.0. The third-order valence-electron chi connectivity index (χ3n) is 2.27. The van der Waals surface area contributed by atoms with Crippen molar-refractivity contribution in [3.05, 3.63) is 29.8 Å². The lowest BCUT2D eigenvalue weighted by atomic mass is 10.0. The molecule has 0 aromatic heterocycles. The van der Waals surface area contributed by atoms with Gasteiger partial charge in [0, 0.05) is 5.56 Å². The molecule has 0 fully saturated rings. The molecule has 0 heterocycles. The highest BCUT2D eigenvalue weighted by Gasteiger charge is 2.18. The number of aromatic hydroxyl groups is 1. The first-order valence-electron chi connectivity index (χ1n) is 4.77. The third-order valence-corrected chi connectivity index (χ3v) is 2.27. The van der Waals surface area contributed by atoms with Crippen LogP contribution in [0.3, 0.4) is 0 Å². The number of rotatable bonds is 4. The number of ether oxygens (including phenoxy) is 3. The molecule has 0 aliphatic rings. The number of esters is 1. The van der Waals surface area contributed by atoms with Crippen LogP contribution in [0.4, 0.5) is 0 Å². The number of carbonyl (C=O) groups excluding carboxylic acids is 1. The minimum absolute atomic E-state index is 0.152. The van der Waals surface area contributed by atoms with Crippen molar-refractivity contribution in [2.45, 2.75) is 0 Å². The fourth-order valence-electron chi connectivity index (χ4n) is 1.35. The van der Waals surface area contributed by atoms with Crippen molar-refractivity contribution in [1.82, 2.24) is 0 Å². The molecule has 92 valence electrons. The summed E-state index contributed by atoms with van der Waals surface area (Å²) < 4.78 is 14.5. The van der Waals surface area contributed by atoms with Gasteiger partial charge in [-0.05, 0) is 12.1 Å². The lowest BCUT2D eigenvalue weighted by Crippen LogP contribution is -2.06. The summed E-state index contributed by atoms with van der Waals surface area (Å²) in [5.41, 5.74) is 0.576.